The molecule has 1 aliphatic heterocycles. The predicted molar refractivity (Wildman–Crippen MR) is 161 cm³/mol. The van der Waals surface area contributed by atoms with Gasteiger partial charge in [0.25, 0.3) is 0 Å². The number of anilines is 5. The predicted octanol–water partition coefficient (Wildman–Crippen LogP) is 4.15. The molecule has 2 heterocycles. The molecule has 0 bridgehead atoms. The molecule has 3 aromatic carbocycles. The Morgan fingerprint density at radius 2 is 1.83 bits per heavy atom. The molecule has 0 radical (unpaired) electrons. The number of para-hydroxylation sites is 2. The van der Waals surface area contributed by atoms with Gasteiger partial charge in [-0.25, -0.2) is 9.97 Å². The number of ether oxygens (including phenoxy) is 1. The molecular weight excluding hydrogens is 566 g/mol. The van der Waals surface area contributed by atoms with E-state index >= 15 is 0 Å². The summed E-state index contributed by atoms with van der Waals surface area (Å²) in [5, 5.41) is 6.38. The second-order valence-electron chi connectivity index (χ2n) is 9.78. The summed E-state index contributed by atoms with van der Waals surface area (Å²) in [6.45, 7) is 1.88. The minimum atomic E-state index is -2.80. The van der Waals surface area contributed by atoms with Crippen LogP contribution in [-0.4, -0.2) is 81.3 Å². The van der Waals surface area contributed by atoms with Gasteiger partial charge in [0.15, 0.2) is 11.6 Å². The van der Waals surface area contributed by atoms with Gasteiger partial charge < -0.3 is 24.8 Å². The standard InChI is InChI=1S/C28H30ClN7O4S/c1-34(2)20-15-35(16-20)17-26(37)30-18-7-6-8-19(13-18)36(41(38)39)28-27(31-23-9-4-5-10-24(23)33-28)32-25-14-21(40-3)11-12-22(25)29/h4-14,20H,15-17H2,1-3H3,(H,30,37)(H,31,32)(H,38,39)/p-1. The van der Waals surface area contributed by atoms with Crippen molar-refractivity contribution in [2.75, 3.05) is 55.8 Å². The Hall–Kier alpha value is -3.81. The minimum Gasteiger partial charge on any atom is -0.755 e. The summed E-state index contributed by atoms with van der Waals surface area (Å²) in [6, 6.07) is 19.2. The van der Waals surface area contributed by atoms with Gasteiger partial charge in [0, 0.05) is 30.9 Å². The summed E-state index contributed by atoms with van der Waals surface area (Å²) in [6.07, 6.45) is 0. The maximum Gasteiger partial charge on any atom is 0.238 e. The van der Waals surface area contributed by atoms with Crippen molar-refractivity contribution in [3.8, 4) is 5.75 Å². The highest BCUT2D eigenvalue weighted by molar-refractivity contribution is 7.81. The number of likely N-dealkylation sites (tertiary alicyclic amines) is 1. The Kier molecular flexibility index (Phi) is 8.66. The van der Waals surface area contributed by atoms with Crippen LogP contribution >= 0.6 is 11.6 Å². The zero-order chi connectivity index (χ0) is 29.1. The van der Waals surface area contributed by atoms with Crippen LogP contribution in [0.3, 0.4) is 0 Å². The van der Waals surface area contributed by atoms with Gasteiger partial charge >= 0.3 is 0 Å². The van der Waals surface area contributed by atoms with E-state index in [4.69, 9.17) is 16.3 Å². The summed E-state index contributed by atoms with van der Waals surface area (Å²) in [4.78, 5) is 26.2. The number of methoxy groups -OCH3 is 1. The third-order valence-electron chi connectivity index (χ3n) is 6.72. The smallest absolute Gasteiger partial charge is 0.238 e. The first kappa shape index (κ1) is 28.7. The Bertz CT molecular complexity index is 1600. The number of nitrogens with zero attached hydrogens (tertiary/aromatic N) is 5. The molecule has 1 amide bonds. The summed E-state index contributed by atoms with van der Waals surface area (Å²) >= 11 is 3.63. The van der Waals surface area contributed by atoms with Gasteiger partial charge in [-0.05, 0) is 56.6 Å². The lowest BCUT2D eigenvalue weighted by atomic mass is 10.1. The van der Waals surface area contributed by atoms with Crippen molar-refractivity contribution in [2.24, 2.45) is 0 Å². The van der Waals surface area contributed by atoms with E-state index in [9.17, 15) is 13.6 Å². The molecule has 11 nitrogen and oxygen atoms in total. The average Bonchev–Trinajstić information content (AvgIpc) is 2.92. The van der Waals surface area contributed by atoms with E-state index in [-0.39, 0.29) is 29.8 Å². The number of fused-ring (bicyclic) bond motifs is 1. The maximum atomic E-state index is 12.7. The molecule has 1 fully saturated rings. The van der Waals surface area contributed by atoms with E-state index in [1.807, 2.05) is 20.2 Å². The van der Waals surface area contributed by atoms with E-state index in [1.165, 1.54) is 7.11 Å². The first-order valence-corrected chi connectivity index (χ1v) is 14.2. The molecule has 1 aromatic heterocycles. The van der Waals surface area contributed by atoms with Crippen molar-refractivity contribution in [3.63, 3.8) is 0 Å². The highest BCUT2D eigenvalue weighted by atomic mass is 35.5. The van der Waals surface area contributed by atoms with Gasteiger partial charge in [-0.1, -0.05) is 29.8 Å². The number of rotatable bonds is 10. The molecule has 1 atom stereocenters. The number of hydrogen-bond acceptors (Lipinski definition) is 9. The van der Waals surface area contributed by atoms with Crippen molar-refractivity contribution in [1.29, 1.82) is 0 Å². The van der Waals surface area contributed by atoms with Gasteiger partial charge in [0.2, 0.25) is 5.91 Å². The van der Waals surface area contributed by atoms with Crippen LogP contribution in [0.25, 0.3) is 11.0 Å². The van der Waals surface area contributed by atoms with Crippen molar-refractivity contribution in [1.82, 2.24) is 19.8 Å². The van der Waals surface area contributed by atoms with E-state index in [1.54, 1.807) is 60.7 Å². The molecule has 0 spiro atoms. The number of amides is 1. The zero-order valence-corrected chi connectivity index (χ0v) is 24.3. The molecule has 1 saturated heterocycles. The fourth-order valence-electron chi connectivity index (χ4n) is 4.46. The largest absolute Gasteiger partial charge is 0.755 e. The molecule has 41 heavy (non-hydrogen) atoms. The van der Waals surface area contributed by atoms with E-state index in [0.29, 0.717) is 39.2 Å². The molecule has 0 saturated carbocycles. The number of carbonyl (C=O) groups is 1. The fraction of sp³-hybridized carbons (Fsp3) is 0.250. The molecule has 5 rings (SSSR count). The van der Waals surface area contributed by atoms with E-state index in [2.05, 4.69) is 30.4 Å². The molecule has 214 valence electrons. The summed E-state index contributed by atoms with van der Waals surface area (Å²) in [5.74, 6) is 0.547. The van der Waals surface area contributed by atoms with Crippen LogP contribution in [0, 0.1) is 0 Å². The van der Waals surface area contributed by atoms with Gasteiger partial charge in [-0.3, -0.25) is 18.2 Å². The van der Waals surface area contributed by atoms with Gasteiger partial charge in [-0.2, -0.15) is 0 Å². The van der Waals surface area contributed by atoms with Crippen molar-refractivity contribution in [2.45, 2.75) is 6.04 Å². The van der Waals surface area contributed by atoms with Gasteiger partial charge in [0.1, 0.15) is 5.75 Å². The molecule has 0 aliphatic carbocycles. The van der Waals surface area contributed by atoms with Gasteiger partial charge in [-0.15, -0.1) is 0 Å². The molecule has 4 aromatic rings. The van der Waals surface area contributed by atoms with Crippen LogP contribution in [0.15, 0.2) is 66.7 Å². The lowest BCUT2D eigenvalue weighted by Gasteiger charge is -2.42. The Morgan fingerprint density at radius 3 is 2.51 bits per heavy atom. The van der Waals surface area contributed by atoms with Crippen LogP contribution in [0.4, 0.5) is 28.7 Å². The monoisotopic (exact) mass is 594 g/mol. The second kappa shape index (κ2) is 12.4. The minimum absolute atomic E-state index is 0.0229. The van der Waals surface area contributed by atoms with Crippen molar-refractivity contribution < 1.29 is 18.3 Å². The maximum absolute atomic E-state index is 12.7. The average molecular weight is 595 g/mol. The van der Waals surface area contributed by atoms with Crippen LogP contribution < -0.4 is 19.7 Å². The normalized spacial score (nSPS) is 14.5. The molecular formula is C28H29ClN7O4S-. The highest BCUT2D eigenvalue weighted by Crippen LogP contribution is 2.37. The van der Waals surface area contributed by atoms with Crippen LogP contribution in [0.2, 0.25) is 5.02 Å². The van der Waals surface area contributed by atoms with Crippen LogP contribution in [0.1, 0.15) is 0 Å². The second-order valence-corrected chi connectivity index (χ2v) is 11.0. The van der Waals surface area contributed by atoms with Crippen LogP contribution in [0.5, 0.6) is 5.75 Å². The zero-order valence-electron chi connectivity index (χ0n) is 22.7. The lowest BCUT2D eigenvalue weighted by molar-refractivity contribution is -0.119. The quantitative estimate of drug-likeness (QED) is 0.260. The van der Waals surface area contributed by atoms with Crippen molar-refractivity contribution >= 4 is 68.5 Å². The van der Waals surface area contributed by atoms with Gasteiger partial charge in [0.05, 0.1) is 52.4 Å². The third kappa shape index (κ3) is 6.58. The first-order valence-electron chi connectivity index (χ1n) is 12.8. The Morgan fingerprint density at radius 1 is 1.10 bits per heavy atom. The summed E-state index contributed by atoms with van der Waals surface area (Å²) in [5.41, 5.74) is 2.22. The van der Waals surface area contributed by atoms with Crippen LogP contribution in [-0.2, 0) is 16.1 Å². The number of carbonyl (C=O) groups excluding carboxylic acids is 1. The first-order chi connectivity index (χ1) is 19.7. The SMILES string of the molecule is COc1ccc(Cl)c(Nc2nc3ccccc3nc2N(c2cccc(NC(=O)CN3CC(N(C)C)C3)c2)S(=O)[O-])c1. The highest BCUT2D eigenvalue weighted by Gasteiger charge is 2.29. The molecule has 2 N–H and O–H groups in total. The number of nitrogens with one attached hydrogen (secondary N) is 2. The van der Waals surface area contributed by atoms with E-state index < -0.39 is 11.3 Å². The summed E-state index contributed by atoms with van der Waals surface area (Å²) in [7, 11) is 5.57. The lowest BCUT2D eigenvalue weighted by Crippen LogP contribution is -2.58. The number of hydrogen-bond donors (Lipinski definition) is 2. The molecule has 1 unspecified atom stereocenters. The van der Waals surface area contributed by atoms with E-state index in [0.717, 1.165) is 17.4 Å². The summed E-state index contributed by atoms with van der Waals surface area (Å²) < 4.78 is 31.7. The number of halogens is 1. The number of benzene rings is 3. The third-order valence-corrected chi connectivity index (χ3v) is 7.73. The molecule has 13 heteroatoms. The Labute approximate surface area is 245 Å². The number of likely N-dealkylation sites (N-methyl/N-ethyl adjacent to an activating group) is 1. The topological polar surface area (TPSA) is 126 Å². The fourth-order valence-corrected chi connectivity index (χ4v) is 5.18. The van der Waals surface area contributed by atoms with Crippen molar-refractivity contribution in [3.05, 3.63) is 71.8 Å². The Balaban J connectivity index is 1.47. The molecule has 1 aliphatic rings. The number of aromatic nitrogens is 2.